The number of pyridine rings is 1. The summed E-state index contributed by atoms with van der Waals surface area (Å²) in [5, 5.41) is 0. The van der Waals surface area contributed by atoms with E-state index in [4.69, 9.17) is 5.73 Å². The fraction of sp³-hybridized carbons (Fsp3) is 0.267. The Morgan fingerprint density at radius 2 is 2.22 bits per heavy atom. The van der Waals surface area contributed by atoms with Crippen molar-refractivity contribution in [2.24, 2.45) is 0 Å². The quantitative estimate of drug-likeness (QED) is 0.819. The van der Waals surface area contributed by atoms with Crippen LogP contribution in [0, 0.1) is 6.92 Å². The maximum atomic E-state index is 5.87. The number of aryl methyl sites for hydroxylation is 1. The third kappa shape index (κ3) is 1.92. The molecule has 0 unspecified atom stereocenters. The molecule has 0 spiro atoms. The van der Waals surface area contributed by atoms with Crippen LogP contribution >= 0.6 is 0 Å². The zero-order chi connectivity index (χ0) is 12.5. The molecule has 2 aromatic rings. The molecule has 0 saturated heterocycles. The fourth-order valence-electron chi connectivity index (χ4n) is 2.49. The second-order valence-corrected chi connectivity index (χ2v) is 4.83. The Bertz CT molecular complexity index is 578. The summed E-state index contributed by atoms with van der Waals surface area (Å²) in [5.41, 5.74) is 11.7. The van der Waals surface area contributed by atoms with E-state index in [2.05, 4.69) is 35.0 Å². The number of hydrogen-bond donors (Lipinski definition) is 1. The molecule has 18 heavy (non-hydrogen) atoms. The summed E-state index contributed by atoms with van der Waals surface area (Å²) in [4.78, 5) is 6.83. The summed E-state index contributed by atoms with van der Waals surface area (Å²) in [6, 6.07) is 10.3. The molecule has 0 atom stereocenters. The first-order chi connectivity index (χ1) is 8.74. The normalized spacial score (nSPS) is 13.7. The van der Waals surface area contributed by atoms with Gasteiger partial charge >= 0.3 is 0 Å². The summed E-state index contributed by atoms with van der Waals surface area (Å²) in [7, 11) is 0. The van der Waals surface area contributed by atoms with Crippen molar-refractivity contribution in [3.63, 3.8) is 0 Å². The van der Waals surface area contributed by atoms with Crippen LogP contribution in [0.25, 0.3) is 0 Å². The number of benzene rings is 1. The van der Waals surface area contributed by atoms with Gasteiger partial charge in [-0.05, 0) is 42.7 Å². The van der Waals surface area contributed by atoms with Crippen LogP contribution in [0.1, 0.15) is 16.8 Å². The average molecular weight is 239 g/mol. The van der Waals surface area contributed by atoms with Gasteiger partial charge in [-0.2, -0.15) is 0 Å². The minimum atomic E-state index is 0.832. The Hall–Kier alpha value is -2.03. The second-order valence-electron chi connectivity index (χ2n) is 4.83. The maximum absolute atomic E-state index is 5.87. The first kappa shape index (κ1) is 11.1. The van der Waals surface area contributed by atoms with E-state index < -0.39 is 0 Å². The average Bonchev–Trinajstić information content (AvgIpc) is 2.75. The SMILES string of the molecule is Cc1cccnc1CN1CCc2ccc(N)cc21. The van der Waals surface area contributed by atoms with Gasteiger partial charge in [0, 0.05) is 24.1 Å². The summed E-state index contributed by atoms with van der Waals surface area (Å²) < 4.78 is 0. The zero-order valence-electron chi connectivity index (χ0n) is 10.6. The van der Waals surface area contributed by atoms with E-state index >= 15 is 0 Å². The number of aromatic nitrogens is 1. The summed E-state index contributed by atoms with van der Waals surface area (Å²) >= 11 is 0. The lowest BCUT2D eigenvalue weighted by molar-refractivity contribution is 0.808. The lowest BCUT2D eigenvalue weighted by atomic mass is 10.1. The topological polar surface area (TPSA) is 42.2 Å². The molecular formula is C15H17N3. The smallest absolute Gasteiger partial charge is 0.0626 e. The Kier molecular flexibility index (Phi) is 2.67. The monoisotopic (exact) mass is 239 g/mol. The molecular weight excluding hydrogens is 222 g/mol. The Labute approximate surface area is 107 Å². The highest BCUT2D eigenvalue weighted by molar-refractivity contribution is 5.64. The number of rotatable bonds is 2. The van der Waals surface area contributed by atoms with Gasteiger partial charge in [-0.15, -0.1) is 0 Å². The molecule has 0 amide bonds. The molecule has 1 aromatic heterocycles. The van der Waals surface area contributed by atoms with Crippen LogP contribution in [0.2, 0.25) is 0 Å². The van der Waals surface area contributed by atoms with Gasteiger partial charge in [0.2, 0.25) is 0 Å². The first-order valence-corrected chi connectivity index (χ1v) is 6.28. The van der Waals surface area contributed by atoms with Crippen molar-refractivity contribution in [1.29, 1.82) is 0 Å². The molecule has 92 valence electrons. The van der Waals surface area contributed by atoms with Crippen molar-refractivity contribution in [1.82, 2.24) is 4.98 Å². The van der Waals surface area contributed by atoms with Crippen LogP contribution in [-0.2, 0) is 13.0 Å². The molecule has 0 fully saturated rings. The fourth-order valence-corrected chi connectivity index (χ4v) is 2.49. The third-order valence-corrected chi connectivity index (χ3v) is 3.56. The van der Waals surface area contributed by atoms with Gasteiger partial charge in [0.25, 0.3) is 0 Å². The van der Waals surface area contributed by atoms with Gasteiger partial charge in [0.1, 0.15) is 0 Å². The highest BCUT2D eigenvalue weighted by Crippen LogP contribution is 2.31. The number of fused-ring (bicyclic) bond motifs is 1. The lowest BCUT2D eigenvalue weighted by Crippen LogP contribution is -2.21. The molecule has 0 saturated carbocycles. The van der Waals surface area contributed by atoms with Gasteiger partial charge in [0.05, 0.1) is 12.2 Å². The van der Waals surface area contributed by atoms with E-state index in [0.29, 0.717) is 0 Å². The third-order valence-electron chi connectivity index (χ3n) is 3.56. The van der Waals surface area contributed by atoms with Crippen LogP contribution in [0.15, 0.2) is 36.5 Å². The molecule has 2 heterocycles. The molecule has 1 aromatic carbocycles. The maximum Gasteiger partial charge on any atom is 0.0626 e. The molecule has 1 aliphatic heterocycles. The highest BCUT2D eigenvalue weighted by atomic mass is 15.2. The molecule has 0 aliphatic carbocycles. The van der Waals surface area contributed by atoms with E-state index in [1.807, 2.05) is 18.3 Å². The number of hydrogen-bond acceptors (Lipinski definition) is 3. The number of anilines is 2. The Morgan fingerprint density at radius 3 is 3.06 bits per heavy atom. The molecule has 0 bridgehead atoms. The van der Waals surface area contributed by atoms with E-state index in [1.54, 1.807) is 0 Å². The highest BCUT2D eigenvalue weighted by Gasteiger charge is 2.19. The van der Waals surface area contributed by atoms with Crippen LogP contribution in [0.5, 0.6) is 0 Å². The molecule has 3 heteroatoms. The summed E-state index contributed by atoms with van der Waals surface area (Å²) in [5.74, 6) is 0. The van der Waals surface area contributed by atoms with Crippen LogP contribution in [-0.4, -0.2) is 11.5 Å². The van der Waals surface area contributed by atoms with Crippen molar-refractivity contribution < 1.29 is 0 Å². The molecule has 3 rings (SSSR count). The van der Waals surface area contributed by atoms with E-state index in [9.17, 15) is 0 Å². The number of nitrogens with two attached hydrogens (primary N) is 1. The van der Waals surface area contributed by atoms with Crippen LogP contribution < -0.4 is 10.6 Å². The number of nitrogen functional groups attached to an aromatic ring is 1. The van der Waals surface area contributed by atoms with Crippen molar-refractivity contribution in [2.75, 3.05) is 17.2 Å². The molecule has 2 N–H and O–H groups in total. The minimum Gasteiger partial charge on any atom is -0.399 e. The summed E-state index contributed by atoms with van der Waals surface area (Å²) in [6.45, 7) is 4.02. The van der Waals surface area contributed by atoms with Gasteiger partial charge in [-0.1, -0.05) is 12.1 Å². The summed E-state index contributed by atoms with van der Waals surface area (Å²) in [6.07, 6.45) is 2.96. The Balaban J connectivity index is 1.89. The van der Waals surface area contributed by atoms with E-state index in [0.717, 1.165) is 30.9 Å². The number of nitrogens with zero attached hydrogens (tertiary/aromatic N) is 2. The molecule has 3 nitrogen and oxygen atoms in total. The van der Waals surface area contributed by atoms with Gasteiger partial charge in [-0.3, -0.25) is 4.98 Å². The van der Waals surface area contributed by atoms with E-state index in [-0.39, 0.29) is 0 Å². The zero-order valence-corrected chi connectivity index (χ0v) is 10.6. The standard InChI is InChI=1S/C15H17N3/c1-11-3-2-7-17-14(11)10-18-8-6-12-4-5-13(16)9-15(12)18/h2-5,7,9H,6,8,10,16H2,1H3. The predicted molar refractivity (Wildman–Crippen MR) is 74.6 cm³/mol. The van der Waals surface area contributed by atoms with Crippen LogP contribution in [0.4, 0.5) is 11.4 Å². The van der Waals surface area contributed by atoms with Crippen LogP contribution in [0.3, 0.4) is 0 Å². The van der Waals surface area contributed by atoms with Gasteiger partial charge < -0.3 is 10.6 Å². The van der Waals surface area contributed by atoms with Gasteiger partial charge in [-0.25, -0.2) is 0 Å². The second kappa shape index (κ2) is 4.33. The van der Waals surface area contributed by atoms with Crippen molar-refractivity contribution >= 4 is 11.4 Å². The Morgan fingerprint density at radius 1 is 1.33 bits per heavy atom. The first-order valence-electron chi connectivity index (χ1n) is 6.28. The molecule has 1 aliphatic rings. The minimum absolute atomic E-state index is 0.832. The van der Waals surface area contributed by atoms with Crippen molar-refractivity contribution in [2.45, 2.75) is 19.9 Å². The lowest BCUT2D eigenvalue weighted by Gasteiger charge is -2.20. The predicted octanol–water partition coefficient (Wildman–Crippen LogP) is 2.53. The van der Waals surface area contributed by atoms with Crippen molar-refractivity contribution in [3.8, 4) is 0 Å². The largest absolute Gasteiger partial charge is 0.399 e. The van der Waals surface area contributed by atoms with E-state index in [1.165, 1.54) is 16.8 Å². The van der Waals surface area contributed by atoms with Gasteiger partial charge in [0.15, 0.2) is 0 Å². The molecule has 0 radical (unpaired) electrons. The van der Waals surface area contributed by atoms with Crippen molar-refractivity contribution in [3.05, 3.63) is 53.3 Å².